The molecule has 1 atom stereocenters. The number of nitrogens with zero attached hydrogens (tertiary/aromatic N) is 1. The molecule has 1 amide bonds. The topological polar surface area (TPSA) is 76.1 Å². The van der Waals surface area contributed by atoms with Gasteiger partial charge >= 0.3 is 5.97 Å². The van der Waals surface area contributed by atoms with Gasteiger partial charge in [-0.1, -0.05) is 0 Å². The Morgan fingerprint density at radius 2 is 2.09 bits per heavy atom. The summed E-state index contributed by atoms with van der Waals surface area (Å²) in [6.45, 7) is 0.734. The van der Waals surface area contributed by atoms with Crippen molar-refractivity contribution in [3.05, 3.63) is 29.8 Å². The van der Waals surface area contributed by atoms with Crippen LogP contribution in [0.2, 0.25) is 0 Å². The molecule has 0 bridgehead atoms. The van der Waals surface area contributed by atoms with Crippen molar-refractivity contribution in [2.45, 2.75) is 6.42 Å². The smallest absolute Gasteiger partial charge is 0.308 e. The summed E-state index contributed by atoms with van der Waals surface area (Å²) < 4.78 is 10.4. The molecule has 0 saturated carbocycles. The van der Waals surface area contributed by atoms with Gasteiger partial charge in [0.2, 0.25) is 5.91 Å². The molecule has 1 fully saturated rings. The average molecular weight is 305 g/mol. The number of hydrogen-bond acceptors (Lipinski definition) is 4. The van der Waals surface area contributed by atoms with Crippen LogP contribution in [0.3, 0.4) is 0 Å². The first-order chi connectivity index (χ1) is 10.5. The molecule has 2 rings (SSSR count). The molecule has 1 saturated heterocycles. The van der Waals surface area contributed by atoms with Crippen LogP contribution in [0.15, 0.2) is 24.3 Å². The summed E-state index contributed by atoms with van der Waals surface area (Å²) >= 11 is 0. The van der Waals surface area contributed by atoms with Crippen LogP contribution in [-0.2, 0) is 9.59 Å². The van der Waals surface area contributed by atoms with E-state index in [1.165, 1.54) is 6.08 Å². The fourth-order valence-corrected chi connectivity index (χ4v) is 2.38. The number of aliphatic carboxylic acids is 1. The van der Waals surface area contributed by atoms with Crippen LogP contribution >= 0.6 is 0 Å². The van der Waals surface area contributed by atoms with Crippen molar-refractivity contribution in [3.8, 4) is 11.5 Å². The van der Waals surface area contributed by atoms with Gasteiger partial charge in [-0.2, -0.15) is 0 Å². The standard InChI is InChI=1S/C16H19NO5/c1-21-13-5-3-11(14(9-13)22-2)4-6-15(18)17-8-7-12(10-17)16(19)20/h3-6,9,12H,7-8,10H2,1-2H3,(H,19,20)/b6-4+. The Balaban J connectivity index is 2.05. The van der Waals surface area contributed by atoms with E-state index in [2.05, 4.69) is 0 Å². The van der Waals surface area contributed by atoms with E-state index in [1.807, 2.05) is 0 Å². The van der Waals surface area contributed by atoms with E-state index in [1.54, 1.807) is 43.4 Å². The number of rotatable bonds is 5. The number of benzene rings is 1. The van der Waals surface area contributed by atoms with Crippen molar-refractivity contribution in [2.24, 2.45) is 5.92 Å². The molecule has 1 aliphatic rings. The van der Waals surface area contributed by atoms with Gasteiger partial charge < -0.3 is 19.5 Å². The maximum absolute atomic E-state index is 12.1. The highest BCUT2D eigenvalue weighted by molar-refractivity contribution is 5.92. The summed E-state index contributed by atoms with van der Waals surface area (Å²) in [4.78, 5) is 24.5. The summed E-state index contributed by atoms with van der Waals surface area (Å²) in [5, 5.41) is 8.95. The summed E-state index contributed by atoms with van der Waals surface area (Å²) in [7, 11) is 3.12. The van der Waals surface area contributed by atoms with E-state index >= 15 is 0 Å². The van der Waals surface area contributed by atoms with Crippen LogP contribution in [0.1, 0.15) is 12.0 Å². The minimum Gasteiger partial charge on any atom is -0.497 e. The Kier molecular flexibility index (Phi) is 5.04. The molecule has 1 heterocycles. The van der Waals surface area contributed by atoms with Crippen molar-refractivity contribution in [3.63, 3.8) is 0 Å². The Morgan fingerprint density at radius 1 is 1.32 bits per heavy atom. The molecule has 1 unspecified atom stereocenters. The molecule has 0 aromatic heterocycles. The fourth-order valence-electron chi connectivity index (χ4n) is 2.38. The maximum Gasteiger partial charge on any atom is 0.308 e. The highest BCUT2D eigenvalue weighted by atomic mass is 16.5. The Morgan fingerprint density at radius 3 is 2.68 bits per heavy atom. The van der Waals surface area contributed by atoms with Crippen LogP contribution in [0, 0.1) is 5.92 Å². The van der Waals surface area contributed by atoms with Gasteiger partial charge in [-0.3, -0.25) is 9.59 Å². The van der Waals surface area contributed by atoms with Gasteiger partial charge in [-0.05, 0) is 24.6 Å². The second-order valence-electron chi connectivity index (χ2n) is 5.05. The van der Waals surface area contributed by atoms with Crippen LogP contribution in [-0.4, -0.2) is 49.2 Å². The van der Waals surface area contributed by atoms with E-state index < -0.39 is 11.9 Å². The fraction of sp³-hybridized carbons (Fsp3) is 0.375. The predicted molar refractivity (Wildman–Crippen MR) is 80.9 cm³/mol. The molecule has 1 aromatic rings. The van der Waals surface area contributed by atoms with Crippen molar-refractivity contribution in [1.82, 2.24) is 4.90 Å². The maximum atomic E-state index is 12.1. The van der Waals surface area contributed by atoms with Crippen LogP contribution in [0.25, 0.3) is 6.08 Å². The number of carboxylic acid groups (broad SMARTS) is 1. The molecule has 1 aromatic carbocycles. The monoisotopic (exact) mass is 305 g/mol. The summed E-state index contributed by atoms with van der Waals surface area (Å²) in [6, 6.07) is 5.31. The van der Waals surface area contributed by atoms with Gasteiger partial charge in [0.1, 0.15) is 11.5 Å². The Hall–Kier alpha value is -2.50. The molecule has 118 valence electrons. The van der Waals surface area contributed by atoms with Crippen LogP contribution in [0.5, 0.6) is 11.5 Å². The van der Waals surface area contributed by atoms with Gasteiger partial charge in [0, 0.05) is 30.8 Å². The highest BCUT2D eigenvalue weighted by Crippen LogP contribution is 2.26. The van der Waals surface area contributed by atoms with Gasteiger partial charge in [-0.15, -0.1) is 0 Å². The highest BCUT2D eigenvalue weighted by Gasteiger charge is 2.29. The normalized spacial score (nSPS) is 17.7. The summed E-state index contributed by atoms with van der Waals surface area (Å²) in [5.41, 5.74) is 0.755. The van der Waals surface area contributed by atoms with Crippen LogP contribution < -0.4 is 9.47 Å². The first-order valence-corrected chi connectivity index (χ1v) is 6.97. The first kappa shape index (κ1) is 15.9. The number of amides is 1. The van der Waals surface area contributed by atoms with E-state index in [4.69, 9.17) is 14.6 Å². The molecule has 0 spiro atoms. The van der Waals surface area contributed by atoms with Crippen molar-refractivity contribution < 1.29 is 24.2 Å². The molecule has 22 heavy (non-hydrogen) atoms. The number of likely N-dealkylation sites (tertiary alicyclic amines) is 1. The van der Waals surface area contributed by atoms with E-state index in [9.17, 15) is 9.59 Å². The SMILES string of the molecule is COc1ccc(/C=C/C(=O)N2CCC(C(=O)O)C2)c(OC)c1. The lowest BCUT2D eigenvalue weighted by molar-refractivity contribution is -0.141. The third kappa shape index (κ3) is 3.58. The number of carbonyl (C=O) groups excluding carboxylic acids is 1. The molecule has 6 nitrogen and oxygen atoms in total. The zero-order valence-corrected chi connectivity index (χ0v) is 12.6. The second kappa shape index (κ2) is 6.98. The minimum atomic E-state index is -0.851. The number of carbonyl (C=O) groups is 2. The lowest BCUT2D eigenvalue weighted by Crippen LogP contribution is -2.28. The summed E-state index contributed by atoms with van der Waals surface area (Å²) in [6.07, 6.45) is 3.60. The molecule has 1 N–H and O–H groups in total. The van der Waals surface area contributed by atoms with Gasteiger partial charge in [0.15, 0.2) is 0 Å². The molecule has 6 heteroatoms. The zero-order chi connectivity index (χ0) is 16.1. The van der Waals surface area contributed by atoms with Gasteiger partial charge in [-0.25, -0.2) is 0 Å². The first-order valence-electron chi connectivity index (χ1n) is 6.97. The van der Waals surface area contributed by atoms with Gasteiger partial charge in [0.05, 0.1) is 20.1 Å². The number of ether oxygens (including phenoxy) is 2. The Bertz CT molecular complexity index is 596. The summed E-state index contributed by atoms with van der Waals surface area (Å²) in [5.74, 6) is -0.233. The van der Waals surface area contributed by atoms with E-state index in [0.717, 1.165) is 5.56 Å². The van der Waals surface area contributed by atoms with Gasteiger partial charge in [0.25, 0.3) is 0 Å². The lowest BCUT2D eigenvalue weighted by Gasteiger charge is -2.13. The minimum absolute atomic E-state index is 0.193. The molecular formula is C16H19NO5. The molecule has 0 radical (unpaired) electrons. The van der Waals surface area contributed by atoms with Crippen molar-refractivity contribution >= 4 is 18.0 Å². The third-order valence-corrected chi connectivity index (χ3v) is 3.70. The molecule has 0 aliphatic carbocycles. The molecule has 1 aliphatic heterocycles. The largest absolute Gasteiger partial charge is 0.497 e. The second-order valence-corrected chi connectivity index (χ2v) is 5.05. The zero-order valence-electron chi connectivity index (χ0n) is 12.6. The quantitative estimate of drug-likeness (QED) is 0.837. The Labute approximate surface area is 128 Å². The van der Waals surface area contributed by atoms with Crippen molar-refractivity contribution in [2.75, 3.05) is 27.3 Å². The predicted octanol–water partition coefficient (Wildman–Crippen LogP) is 1.65. The van der Waals surface area contributed by atoms with Crippen LogP contribution in [0.4, 0.5) is 0 Å². The van der Waals surface area contributed by atoms with E-state index in [0.29, 0.717) is 24.5 Å². The molecular weight excluding hydrogens is 286 g/mol. The number of hydrogen-bond donors (Lipinski definition) is 1. The number of methoxy groups -OCH3 is 2. The average Bonchev–Trinajstić information content (AvgIpc) is 3.02. The number of carboxylic acids is 1. The third-order valence-electron chi connectivity index (χ3n) is 3.70. The van der Waals surface area contributed by atoms with Crippen molar-refractivity contribution in [1.29, 1.82) is 0 Å². The van der Waals surface area contributed by atoms with E-state index in [-0.39, 0.29) is 12.5 Å². The lowest BCUT2D eigenvalue weighted by atomic mass is 10.1.